The van der Waals surface area contributed by atoms with Crippen molar-refractivity contribution in [2.75, 3.05) is 0 Å². The number of aliphatic imine (C=N–C) groups is 1. The molecule has 3 aromatic rings. The van der Waals surface area contributed by atoms with E-state index in [1.54, 1.807) is 24.3 Å². The molecule has 2 aromatic carbocycles. The van der Waals surface area contributed by atoms with Gasteiger partial charge in [-0.05, 0) is 59.8 Å². The highest BCUT2D eigenvalue weighted by atomic mass is 32.2. The zero-order valence-corrected chi connectivity index (χ0v) is 16.3. The number of hydrogen-bond donors (Lipinski definition) is 0. The number of amidine groups is 1. The van der Waals surface area contributed by atoms with Gasteiger partial charge in [0.05, 0.1) is 29.0 Å². The summed E-state index contributed by atoms with van der Waals surface area (Å²) in [5.41, 5.74) is 0.190. The Morgan fingerprint density at radius 3 is 2.53 bits per heavy atom. The molecule has 0 spiro atoms. The number of nitrogens with zero attached hydrogens (tertiary/aromatic N) is 2. The second-order valence-corrected chi connectivity index (χ2v) is 7.44. The molecule has 0 bridgehead atoms. The molecule has 4 nitrogen and oxygen atoms in total. The summed E-state index contributed by atoms with van der Waals surface area (Å²) in [4.78, 5) is 19.3. The normalized spacial score (nSPS) is 17.3. The second kappa shape index (κ2) is 8.23. The summed E-state index contributed by atoms with van der Waals surface area (Å²) in [6.45, 7) is 0.171. The summed E-state index contributed by atoms with van der Waals surface area (Å²) in [5.74, 6) is 0.230. The molecule has 1 fully saturated rings. The Balaban J connectivity index is 1.69. The summed E-state index contributed by atoms with van der Waals surface area (Å²) in [6, 6.07) is 17.4. The summed E-state index contributed by atoms with van der Waals surface area (Å²) >= 11 is 1.12. The fraction of sp³-hybridized carbons (Fsp3) is 0.0909. The fourth-order valence-electron chi connectivity index (χ4n) is 2.86. The highest BCUT2D eigenvalue weighted by Crippen LogP contribution is 2.36. The lowest BCUT2D eigenvalue weighted by atomic mass is 10.1. The third-order valence-corrected chi connectivity index (χ3v) is 5.28. The molecule has 1 saturated heterocycles. The number of para-hydroxylation sites is 1. The number of hydrogen-bond acceptors (Lipinski definition) is 4. The molecule has 0 atom stereocenters. The van der Waals surface area contributed by atoms with Crippen LogP contribution in [0.15, 0.2) is 87.3 Å². The third-order valence-electron chi connectivity index (χ3n) is 4.27. The van der Waals surface area contributed by atoms with E-state index in [0.29, 0.717) is 22.2 Å². The first-order chi connectivity index (χ1) is 14.4. The van der Waals surface area contributed by atoms with Crippen molar-refractivity contribution in [1.29, 1.82) is 0 Å². The molecule has 1 aliphatic heterocycles. The number of thioether (sulfide) groups is 1. The maximum absolute atomic E-state index is 13.0. The summed E-state index contributed by atoms with van der Waals surface area (Å²) < 4.78 is 44.4. The quantitative estimate of drug-likeness (QED) is 0.472. The van der Waals surface area contributed by atoms with E-state index in [4.69, 9.17) is 4.42 Å². The monoisotopic (exact) mass is 428 g/mol. The SMILES string of the molecule is O=C1/C(=C\c2cccc(C(F)(F)F)c2)SC(=Nc2ccccc2)N1Cc1ccco1. The predicted molar refractivity (Wildman–Crippen MR) is 110 cm³/mol. The molecule has 0 unspecified atom stereocenters. The van der Waals surface area contributed by atoms with Crippen LogP contribution in [0.25, 0.3) is 6.08 Å². The van der Waals surface area contributed by atoms with E-state index in [0.717, 1.165) is 23.9 Å². The van der Waals surface area contributed by atoms with Crippen molar-refractivity contribution in [2.24, 2.45) is 4.99 Å². The van der Waals surface area contributed by atoms with Crippen molar-refractivity contribution in [2.45, 2.75) is 12.7 Å². The Morgan fingerprint density at radius 2 is 1.83 bits per heavy atom. The van der Waals surface area contributed by atoms with Crippen molar-refractivity contribution in [3.63, 3.8) is 0 Å². The Labute approximate surface area is 174 Å². The van der Waals surface area contributed by atoms with Crippen LogP contribution in [-0.4, -0.2) is 16.0 Å². The van der Waals surface area contributed by atoms with E-state index in [9.17, 15) is 18.0 Å². The van der Waals surface area contributed by atoms with Gasteiger partial charge in [0.2, 0.25) is 0 Å². The Kier molecular flexibility index (Phi) is 5.50. The number of furan rings is 1. The van der Waals surface area contributed by atoms with Crippen LogP contribution in [0.2, 0.25) is 0 Å². The van der Waals surface area contributed by atoms with Crippen molar-refractivity contribution >= 4 is 34.6 Å². The molecule has 1 aromatic heterocycles. The van der Waals surface area contributed by atoms with Gasteiger partial charge in [-0.2, -0.15) is 13.2 Å². The van der Waals surface area contributed by atoms with Gasteiger partial charge >= 0.3 is 6.18 Å². The third kappa shape index (κ3) is 4.49. The first kappa shape index (κ1) is 20.0. The van der Waals surface area contributed by atoms with Crippen LogP contribution in [0.1, 0.15) is 16.9 Å². The number of carbonyl (C=O) groups is 1. The molecule has 4 rings (SSSR count). The van der Waals surface area contributed by atoms with Crippen molar-refractivity contribution in [1.82, 2.24) is 4.90 Å². The summed E-state index contributed by atoms with van der Waals surface area (Å²) in [7, 11) is 0. The van der Waals surface area contributed by atoms with Crippen LogP contribution in [0.4, 0.5) is 18.9 Å². The molecule has 0 N–H and O–H groups in total. The van der Waals surface area contributed by atoms with Gasteiger partial charge < -0.3 is 4.42 Å². The van der Waals surface area contributed by atoms with Gasteiger partial charge in [-0.15, -0.1) is 0 Å². The van der Waals surface area contributed by atoms with E-state index >= 15 is 0 Å². The van der Waals surface area contributed by atoms with Crippen LogP contribution in [-0.2, 0) is 17.5 Å². The number of amides is 1. The van der Waals surface area contributed by atoms with E-state index in [1.165, 1.54) is 29.4 Å². The maximum Gasteiger partial charge on any atom is 0.416 e. The fourth-order valence-corrected chi connectivity index (χ4v) is 3.86. The zero-order chi connectivity index (χ0) is 21.1. The van der Waals surface area contributed by atoms with Gasteiger partial charge in [0.25, 0.3) is 5.91 Å². The molecule has 30 heavy (non-hydrogen) atoms. The molecule has 2 heterocycles. The highest BCUT2D eigenvalue weighted by Gasteiger charge is 2.34. The number of rotatable bonds is 4. The Bertz CT molecular complexity index is 1110. The van der Waals surface area contributed by atoms with Crippen molar-refractivity contribution in [3.8, 4) is 0 Å². The lowest BCUT2D eigenvalue weighted by Gasteiger charge is -2.13. The van der Waals surface area contributed by atoms with Gasteiger partial charge in [0.15, 0.2) is 5.17 Å². The van der Waals surface area contributed by atoms with Crippen LogP contribution in [0, 0.1) is 0 Å². The lowest BCUT2D eigenvalue weighted by Crippen LogP contribution is -2.28. The molecule has 0 saturated carbocycles. The first-order valence-corrected chi connectivity index (χ1v) is 9.76. The van der Waals surface area contributed by atoms with E-state index in [1.807, 2.05) is 18.2 Å². The minimum absolute atomic E-state index is 0.171. The number of carbonyl (C=O) groups excluding carboxylic acids is 1. The van der Waals surface area contributed by atoms with Gasteiger partial charge in [0, 0.05) is 0 Å². The standard InChI is InChI=1S/C22H15F3N2O2S/c23-22(24,25)16-7-4-6-15(12-16)13-19-20(28)27(14-18-10-5-11-29-18)21(30-19)26-17-8-2-1-3-9-17/h1-13H,14H2/b19-13+,26-21?. The van der Waals surface area contributed by atoms with E-state index in [2.05, 4.69) is 4.99 Å². The molecular formula is C22H15F3N2O2S. The first-order valence-electron chi connectivity index (χ1n) is 8.95. The molecule has 0 radical (unpaired) electrons. The maximum atomic E-state index is 13.0. The number of halogens is 3. The topological polar surface area (TPSA) is 45.8 Å². The minimum atomic E-state index is -4.45. The van der Waals surface area contributed by atoms with Gasteiger partial charge in [-0.1, -0.05) is 30.3 Å². The molecule has 8 heteroatoms. The van der Waals surface area contributed by atoms with Crippen LogP contribution in [0.5, 0.6) is 0 Å². The van der Waals surface area contributed by atoms with Crippen molar-refractivity contribution < 1.29 is 22.4 Å². The molecular weight excluding hydrogens is 413 g/mol. The molecule has 0 aliphatic carbocycles. The van der Waals surface area contributed by atoms with E-state index in [-0.39, 0.29) is 17.4 Å². The smallest absolute Gasteiger partial charge is 0.416 e. The van der Waals surface area contributed by atoms with Gasteiger partial charge in [0.1, 0.15) is 5.76 Å². The van der Waals surface area contributed by atoms with Crippen LogP contribution < -0.4 is 0 Å². The Morgan fingerprint density at radius 1 is 1.03 bits per heavy atom. The average molecular weight is 428 g/mol. The Hall–Kier alpha value is -3.26. The highest BCUT2D eigenvalue weighted by molar-refractivity contribution is 8.18. The molecule has 1 aliphatic rings. The average Bonchev–Trinajstić information content (AvgIpc) is 3.33. The lowest BCUT2D eigenvalue weighted by molar-refractivity contribution is -0.137. The van der Waals surface area contributed by atoms with Gasteiger partial charge in [-0.3, -0.25) is 9.69 Å². The van der Waals surface area contributed by atoms with Crippen LogP contribution >= 0.6 is 11.8 Å². The van der Waals surface area contributed by atoms with Crippen molar-refractivity contribution in [3.05, 3.63) is 94.8 Å². The minimum Gasteiger partial charge on any atom is -0.467 e. The largest absolute Gasteiger partial charge is 0.467 e. The molecule has 1 amide bonds. The molecule has 152 valence electrons. The van der Waals surface area contributed by atoms with E-state index < -0.39 is 11.7 Å². The second-order valence-electron chi connectivity index (χ2n) is 6.43. The van der Waals surface area contributed by atoms with Gasteiger partial charge in [-0.25, -0.2) is 4.99 Å². The summed E-state index contributed by atoms with van der Waals surface area (Å²) in [6.07, 6.45) is -1.49. The number of alkyl halides is 3. The van der Waals surface area contributed by atoms with Crippen LogP contribution in [0.3, 0.4) is 0 Å². The summed E-state index contributed by atoms with van der Waals surface area (Å²) in [5, 5.41) is 0.431. The number of benzene rings is 2. The predicted octanol–water partition coefficient (Wildman–Crippen LogP) is 6.10. The zero-order valence-electron chi connectivity index (χ0n) is 15.5.